The second-order valence-corrected chi connectivity index (χ2v) is 5.87. The maximum absolute atomic E-state index is 13.6. The second kappa shape index (κ2) is 12.6. The molecule has 2 N–H and O–H groups in total. The van der Waals surface area contributed by atoms with E-state index in [1.165, 1.54) is 6.07 Å². The molecule has 0 aliphatic carbocycles. The third kappa shape index (κ3) is 8.21. The zero-order chi connectivity index (χ0) is 18.8. The summed E-state index contributed by atoms with van der Waals surface area (Å²) in [6.45, 7) is 3.45. The van der Waals surface area contributed by atoms with Gasteiger partial charge in [0.25, 0.3) is 0 Å². The molecule has 0 radical (unpaired) electrons. The van der Waals surface area contributed by atoms with Crippen molar-refractivity contribution in [2.75, 3.05) is 20.2 Å². The Hall–Kier alpha value is -1.74. The maximum atomic E-state index is 13.6. The summed E-state index contributed by atoms with van der Waals surface area (Å²) in [4.78, 5) is 4.07. The Morgan fingerprint density at radius 1 is 1.11 bits per heavy atom. The first kappa shape index (κ1) is 23.3. The second-order valence-electron chi connectivity index (χ2n) is 5.87. The molecule has 2 aromatic rings. The molecule has 0 spiro atoms. The zero-order valence-electron chi connectivity index (χ0n) is 15.5. The molecule has 0 saturated carbocycles. The van der Waals surface area contributed by atoms with Crippen LogP contribution in [0.15, 0.2) is 53.5 Å². The van der Waals surface area contributed by atoms with Gasteiger partial charge in [0.1, 0.15) is 11.6 Å². The van der Waals surface area contributed by atoms with E-state index in [1.54, 1.807) is 7.05 Å². The molecule has 148 valence electrons. The van der Waals surface area contributed by atoms with Crippen LogP contribution in [0.1, 0.15) is 30.6 Å². The maximum Gasteiger partial charge on any atom is 0.191 e. The van der Waals surface area contributed by atoms with Crippen LogP contribution in [0, 0.1) is 11.6 Å². The van der Waals surface area contributed by atoms with Crippen LogP contribution in [0.3, 0.4) is 0 Å². The molecule has 0 saturated heterocycles. The van der Waals surface area contributed by atoms with Gasteiger partial charge in [-0.05, 0) is 37.1 Å². The summed E-state index contributed by atoms with van der Waals surface area (Å²) >= 11 is 0. The summed E-state index contributed by atoms with van der Waals surface area (Å²) in [7, 11) is 1.63. The van der Waals surface area contributed by atoms with Gasteiger partial charge in [-0.15, -0.1) is 24.0 Å². The van der Waals surface area contributed by atoms with Crippen molar-refractivity contribution in [3.63, 3.8) is 0 Å². The van der Waals surface area contributed by atoms with Crippen LogP contribution in [0.5, 0.6) is 0 Å². The number of aliphatic imine (C=N–C) groups is 1. The lowest BCUT2D eigenvalue weighted by Gasteiger charge is -2.15. The first-order chi connectivity index (χ1) is 12.6. The molecule has 0 heterocycles. The molecule has 2 rings (SSSR count). The van der Waals surface area contributed by atoms with Crippen LogP contribution in [0.4, 0.5) is 8.78 Å². The number of nitrogens with zero attached hydrogens (tertiary/aromatic N) is 1. The van der Waals surface area contributed by atoms with Crippen molar-refractivity contribution in [1.82, 2.24) is 10.6 Å². The fourth-order valence-electron chi connectivity index (χ4n) is 2.44. The van der Waals surface area contributed by atoms with Gasteiger partial charge in [-0.2, -0.15) is 0 Å². The molecule has 27 heavy (non-hydrogen) atoms. The molecule has 0 aliphatic heterocycles. The number of hydrogen-bond donors (Lipinski definition) is 2. The summed E-state index contributed by atoms with van der Waals surface area (Å²) in [5.74, 6) is -0.377. The summed E-state index contributed by atoms with van der Waals surface area (Å²) in [5, 5.41) is 6.10. The Morgan fingerprint density at radius 3 is 2.56 bits per heavy atom. The molecular weight excluding hydrogens is 463 g/mol. The van der Waals surface area contributed by atoms with Gasteiger partial charge >= 0.3 is 0 Å². The summed E-state index contributed by atoms with van der Waals surface area (Å²) in [6, 6.07) is 13.4. The topological polar surface area (TPSA) is 45.7 Å². The predicted octanol–water partition coefficient (Wildman–Crippen LogP) is 4.42. The highest BCUT2D eigenvalue weighted by molar-refractivity contribution is 14.0. The van der Waals surface area contributed by atoms with Crippen molar-refractivity contribution >= 4 is 29.9 Å². The number of hydrogen-bond acceptors (Lipinski definition) is 2. The average Bonchev–Trinajstić information content (AvgIpc) is 2.67. The quantitative estimate of drug-likeness (QED) is 0.250. The summed E-state index contributed by atoms with van der Waals surface area (Å²) in [5.41, 5.74) is 1.41. The highest BCUT2D eigenvalue weighted by Gasteiger charge is 2.06. The van der Waals surface area contributed by atoms with Gasteiger partial charge in [-0.25, -0.2) is 8.78 Å². The molecule has 4 nitrogen and oxygen atoms in total. The van der Waals surface area contributed by atoms with Crippen molar-refractivity contribution < 1.29 is 13.5 Å². The van der Waals surface area contributed by atoms with Gasteiger partial charge in [0.2, 0.25) is 0 Å². The standard InChI is InChI=1S/C20H25F2N3O.HI/c1-15(16-7-4-3-5-8-16)26-12-6-11-24-20(23-2)25-14-17-13-18(21)9-10-19(17)22;/h3-5,7-10,13,15H,6,11-12,14H2,1-2H3,(H2,23,24,25);1H. The third-order valence-electron chi connectivity index (χ3n) is 3.93. The van der Waals surface area contributed by atoms with E-state index in [0.717, 1.165) is 24.1 Å². The van der Waals surface area contributed by atoms with E-state index in [-0.39, 0.29) is 42.2 Å². The lowest BCUT2D eigenvalue weighted by molar-refractivity contribution is 0.0646. The molecule has 1 atom stereocenters. The Bertz CT molecular complexity index is 714. The Kier molecular flexibility index (Phi) is 10.9. The first-order valence-corrected chi connectivity index (χ1v) is 8.65. The Morgan fingerprint density at radius 2 is 1.85 bits per heavy atom. The molecule has 2 aromatic carbocycles. The van der Waals surface area contributed by atoms with Crippen molar-refractivity contribution in [3.05, 3.63) is 71.3 Å². The number of nitrogens with one attached hydrogen (secondary N) is 2. The molecule has 0 bridgehead atoms. The minimum absolute atomic E-state index is 0. The van der Waals surface area contributed by atoms with Crippen molar-refractivity contribution in [2.45, 2.75) is 26.0 Å². The third-order valence-corrected chi connectivity index (χ3v) is 3.93. The zero-order valence-corrected chi connectivity index (χ0v) is 17.9. The van der Waals surface area contributed by atoms with Gasteiger partial charge in [0.15, 0.2) is 5.96 Å². The monoisotopic (exact) mass is 489 g/mol. The molecule has 7 heteroatoms. The van der Waals surface area contributed by atoms with E-state index in [9.17, 15) is 8.78 Å². The van der Waals surface area contributed by atoms with Crippen molar-refractivity contribution in [3.8, 4) is 0 Å². The fraction of sp³-hybridized carbons (Fsp3) is 0.350. The van der Waals surface area contributed by atoms with E-state index in [0.29, 0.717) is 19.1 Å². The first-order valence-electron chi connectivity index (χ1n) is 8.65. The lowest BCUT2D eigenvalue weighted by atomic mass is 10.1. The van der Waals surface area contributed by atoms with Crippen LogP contribution < -0.4 is 10.6 Å². The van der Waals surface area contributed by atoms with E-state index in [1.807, 2.05) is 37.3 Å². The Labute approximate surface area is 176 Å². The molecule has 0 aromatic heterocycles. The Balaban J connectivity index is 0.00000364. The summed E-state index contributed by atoms with van der Waals surface area (Å²) < 4.78 is 32.6. The predicted molar refractivity (Wildman–Crippen MR) is 115 cm³/mol. The van der Waals surface area contributed by atoms with E-state index in [2.05, 4.69) is 15.6 Å². The number of guanidine groups is 1. The van der Waals surface area contributed by atoms with Crippen LogP contribution in [0.2, 0.25) is 0 Å². The van der Waals surface area contributed by atoms with Gasteiger partial charge < -0.3 is 15.4 Å². The number of ether oxygens (including phenoxy) is 1. The SMILES string of the molecule is CN=C(NCCCOC(C)c1ccccc1)NCc1cc(F)ccc1F.I. The van der Waals surface area contributed by atoms with Gasteiger partial charge in [-0.1, -0.05) is 30.3 Å². The number of benzene rings is 2. The van der Waals surface area contributed by atoms with Crippen molar-refractivity contribution in [2.24, 2.45) is 4.99 Å². The number of rotatable bonds is 8. The van der Waals surface area contributed by atoms with Crippen LogP contribution >= 0.6 is 24.0 Å². The van der Waals surface area contributed by atoms with Gasteiger partial charge in [0.05, 0.1) is 6.10 Å². The van der Waals surface area contributed by atoms with Gasteiger partial charge in [-0.3, -0.25) is 4.99 Å². The highest BCUT2D eigenvalue weighted by Crippen LogP contribution is 2.15. The van der Waals surface area contributed by atoms with E-state index in [4.69, 9.17) is 4.74 Å². The lowest BCUT2D eigenvalue weighted by Crippen LogP contribution is -2.37. The van der Waals surface area contributed by atoms with Crippen LogP contribution in [-0.2, 0) is 11.3 Å². The normalized spacial score (nSPS) is 12.2. The number of halogens is 3. The molecule has 1 unspecified atom stereocenters. The van der Waals surface area contributed by atoms with E-state index < -0.39 is 11.6 Å². The van der Waals surface area contributed by atoms with E-state index >= 15 is 0 Å². The largest absolute Gasteiger partial charge is 0.374 e. The molecule has 0 fully saturated rings. The average molecular weight is 489 g/mol. The highest BCUT2D eigenvalue weighted by atomic mass is 127. The fourth-order valence-corrected chi connectivity index (χ4v) is 2.44. The van der Waals surface area contributed by atoms with Crippen molar-refractivity contribution in [1.29, 1.82) is 0 Å². The minimum Gasteiger partial charge on any atom is -0.374 e. The minimum atomic E-state index is -0.462. The molecule has 0 aliphatic rings. The van der Waals surface area contributed by atoms with Crippen LogP contribution in [0.25, 0.3) is 0 Å². The smallest absolute Gasteiger partial charge is 0.191 e. The van der Waals surface area contributed by atoms with Crippen LogP contribution in [-0.4, -0.2) is 26.2 Å². The molecular formula is C20H26F2IN3O. The summed E-state index contributed by atoms with van der Waals surface area (Å²) in [6.07, 6.45) is 0.844. The molecule has 0 amide bonds. The van der Waals surface area contributed by atoms with Gasteiger partial charge in [0, 0.05) is 32.3 Å².